The van der Waals surface area contributed by atoms with Crippen LogP contribution in [0.15, 0.2) is 0 Å². The Morgan fingerprint density at radius 2 is 1.83 bits per heavy atom. The van der Waals surface area contributed by atoms with Gasteiger partial charge in [0.2, 0.25) is 0 Å². The number of aliphatic hydroxyl groups excluding tert-OH is 1. The third kappa shape index (κ3) is 4.77. The molecule has 0 bridgehead atoms. The summed E-state index contributed by atoms with van der Waals surface area (Å²) in [6.07, 6.45) is 1.90. The zero-order valence-corrected chi connectivity index (χ0v) is 12.3. The molecule has 0 spiro atoms. The minimum Gasteiger partial charge on any atom is -0.393 e. The Labute approximate surface area is 95.5 Å². The van der Waals surface area contributed by atoms with Crippen LogP contribution in [0.5, 0.6) is 0 Å². The van der Waals surface area contributed by atoms with Gasteiger partial charge in [-0.2, -0.15) is 0 Å². The van der Waals surface area contributed by atoms with Crippen molar-refractivity contribution in [1.82, 2.24) is 4.90 Å². The smallest absolute Gasteiger partial charge is 0.0564 e. The maximum absolute atomic E-state index is 9.23. The Morgan fingerprint density at radius 3 is 2.25 bits per heavy atom. The molecule has 0 atom stereocenters. The van der Waals surface area contributed by atoms with E-state index < -0.39 is 0 Å². The largest absolute Gasteiger partial charge is 0.393 e. The van der Waals surface area contributed by atoms with Crippen LogP contribution < -0.4 is 0 Å². The van der Waals surface area contributed by atoms with Gasteiger partial charge in [-0.25, -0.2) is 0 Å². The van der Waals surface area contributed by atoms with Crippen molar-refractivity contribution in [2.75, 3.05) is 19.6 Å². The van der Waals surface area contributed by atoms with Crippen molar-refractivity contribution in [2.45, 2.75) is 32.8 Å². The van der Waals surface area contributed by atoms with E-state index in [0.717, 1.165) is 31.8 Å². The number of hydrogen-bond acceptors (Lipinski definition) is 2. The molecule has 1 N–H and O–H groups in total. The second-order valence-electron chi connectivity index (χ2n) is 3.93. The van der Waals surface area contributed by atoms with Crippen molar-refractivity contribution in [3.63, 3.8) is 0 Å². The summed E-state index contributed by atoms with van der Waals surface area (Å²) < 4.78 is 0. The third-order valence-electron chi connectivity index (χ3n) is 2.18. The van der Waals surface area contributed by atoms with Crippen LogP contribution in [0.1, 0.15) is 26.7 Å². The number of rotatable bonds is 2. The molecule has 3 heteroatoms. The standard InChI is InChI=1S/C9H19NO.Cd/c1-8(2)7-10-5-3-9(11)4-6-10;/h8-9,11H,3-7H2,1-2H3;. The van der Waals surface area contributed by atoms with Gasteiger partial charge in [0, 0.05) is 46.9 Å². The van der Waals surface area contributed by atoms with Gasteiger partial charge in [-0.05, 0) is 18.8 Å². The van der Waals surface area contributed by atoms with Gasteiger partial charge < -0.3 is 10.0 Å². The van der Waals surface area contributed by atoms with Crippen LogP contribution in [0.4, 0.5) is 0 Å². The van der Waals surface area contributed by atoms with E-state index >= 15 is 0 Å². The molecule has 2 nitrogen and oxygen atoms in total. The molecule has 0 aliphatic carbocycles. The summed E-state index contributed by atoms with van der Waals surface area (Å²) >= 11 is 0. The number of piperidine rings is 1. The van der Waals surface area contributed by atoms with Gasteiger partial charge in [0.25, 0.3) is 0 Å². The second kappa shape index (κ2) is 6.32. The van der Waals surface area contributed by atoms with E-state index in [1.807, 2.05) is 0 Å². The Balaban J connectivity index is 0.00000121. The Morgan fingerprint density at radius 1 is 1.33 bits per heavy atom. The molecule has 1 rings (SSSR count). The average molecular weight is 270 g/mol. The molecule has 0 saturated carbocycles. The SMILES string of the molecule is CC(C)CN1CCC(O)CC1.[Cd]. The fourth-order valence-corrected chi connectivity index (χ4v) is 1.62. The summed E-state index contributed by atoms with van der Waals surface area (Å²) in [6.45, 7) is 7.83. The van der Waals surface area contributed by atoms with Crippen LogP contribution in [-0.2, 0) is 27.3 Å². The van der Waals surface area contributed by atoms with E-state index in [-0.39, 0.29) is 33.4 Å². The Kier molecular flexibility index (Phi) is 6.76. The van der Waals surface area contributed by atoms with E-state index in [9.17, 15) is 5.11 Å². The summed E-state index contributed by atoms with van der Waals surface area (Å²) in [5.74, 6) is 0.755. The van der Waals surface area contributed by atoms with Crippen LogP contribution in [0.25, 0.3) is 0 Å². The summed E-state index contributed by atoms with van der Waals surface area (Å²) in [5, 5.41) is 9.23. The number of likely N-dealkylation sites (tertiary alicyclic amines) is 1. The fraction of sp³-hybridized carbons (Fsp3) is 1.00. The Bertz CT molecular complexity index is 111. The van der Waals surface area contributed by atoms with E-state index in [2.05, 4.69) is 18.7 Å². The van der Waals surface area contributed by atoms with E-state index in [1.165, 1.54) is 6.54 Å². The third-order valence-corrected chi connectivity index (χ3v) is 2.18. The first kappa shape index (κ1) is 12.8. The van der Waals surface area contributed by atoms with Gasteiger partial charge in [-0.3, -0.25) is 0 Å². The van der Waals surface area contributed by atoms with Gasteiger partial charge in [-0.1, -0.05) is 13.8 Å². The van der Waals surface area contributed by atoms with Crippen molar-refractivity contribution in [2.24, 2.45) is 5.92 Å². The molecule has 0 aromatic rings. The van der Waals surface area contributed by atoms with Crippen molar-refractivity contribution in [3.8, 4) is 0 Å². The first-order valence-electron chi connectivity index (χ1n) is 4.59. The molecule has 1 saturated heterocycles. The van der Waals surface area contributed by atoms with Crippen LogP contribution in [0.3, 0.4) is 0 Å². The number of nitrogens with zero attached hydrogens (tertiary/aromatic N) is 1. The van der Waals surface area contributed by atoms with Gasteiger partial charge >= 0.3 is 0 Å². The molecule has 1 aliphatic heterocycles. The van der Waals surface area contributed by atoms with Crippen LogP contribution in [0, 0.1) is 5.92 Å². The maximum Gasteiger partial charge on any atom is 0.0564 e. The fourth-order valence-electron chi connectivity index (χ4n) is 1.62. The van der Waals surface area contributed by atoms with Gasteiger partial charge in [0.05, 0.1) is 6.10 Å². The Hall–Kier alpha value is 0.842. The van der Waals surface area contributed by atoms with Gasteiger partial charge in [0.1, 0.15) is 0 Å². The summed E-state index contributed by atoms with van der Waals surface area (Å²) in [4.78, 5) is 2.44. The topological polar surface area (TPSA) is 23.5 Å². The second-order valence-corrected chi connectivity index (χ2v) is 3.93. The predicted molar refractivity (Wildman–Crippen MR) is 46.5 cm³/mol. The molecule has 0 aromatic heterocycles. The first-order valence-corrected chi connectivity index (χ1v) is 4.59. The molecule has 0 unspecified atom stereocenters. The van der Waals surface area contributed by atoms with Crippen LogP contribution in [0.2, 0.25) is 0 Å². The normalized spacial score (nSPS) is 21.0. The van der Waals surface area contributed by atoms with Crippen molar-refractivity contribution >= 4 is 0 Å². The van der Waals surface area contributed by atoms with Crippen molar-refractivity contribution in [1.29, 1.82) is 0 Å². The number of aliphatic hydroxyl groups is 1. The molecule has 0 radical (unpaired) electrons. The van der Waals surface area contributed by atoms with Crippen LogP contribution >= 0.6 is 0 Å². The van der Waals surface area contributed by atoms with Crippen molar-refractivity contribution < 1.29 is 32.4 Å². The predicted octanol–water partition coefficient (Wildman–Crippen LogP) is 1.10. The summed E-state index contributed by atoms with van der Waals surface area (Å²) in [7, 11) is 0. The molecule has 1 heterocycles. The molecular formula is C9H19CdNO. The molecule has 1 aliphatic rings. The van der Waals surface area contributed by atoms with Gasteiger partial charge in [-0.15, -0.1) is 0 Å². The first-order chi connectivity index (χ1) is 5.18. The van der Waals surface area contributed by atoms with Gasteiger partial charge in [0.15, 0.2) is 0 Å². The summed E-state index contributed by atoms with van der Waals surface area (Å²) in [6, 6.07) is 0. The van der Waals surface area contributed by atoms with E-state index in [4.69, 9.17) is 0 Å². The maximum atomic E-state index is 9.23. The number of hydrogen-bond donors (Lipinski definition) is 1. The molecule has 1 fully saturated rings. The van der Waals surface area contributed by atoms with Crippen molar-refractivity contribution in [3.05, 3.63) is 0 Å². The molecule has 68 valence electrons. The molecular weight excluding hydrogens is 251 g/mol. The minimum absolute atomic E-state index is 0. The molecule has 12 heavy (non-hydrogen) atoms. The van der Waals surface area contributed by atoms with E-state index in [0.29, 0.717) is 0 Å². The quantitative estimate of drug-likeness (QED) is 0.759. The monoisotopic (exact) mass is 271 g/mol. The molecule has 0 aromatic carbocycles. The van der Waals surface area contributed by atoms with Crippen LogP contribution in [-0.4, -0.2) is 35.7 Å². The average Bonchev–Trinajstić information content (AvgIpc) is 1.93. The molecule has 0 amide bonds. The minimum atomic E-state index is -0.0292. The zero-order chi connectivity index (χ0) is 8.27. The zero-order valence-electron chi connectivity index (χ0n) is 8.29. The van der Waals surface area contributed by atoms with E-state index in [1.54, 1.807) is 0 Å². The summed E-state index contributed by atoms with van der Waals surface area (Å²) in [5.41, 5.74) is 0.